The van der Waals surface area contributed by atoms with Gasteiger partial charge in [-0.1, -0.05) is 18.2 Å². The Morgan fingerprint density at radius 3 is 1.54 bits per heavy atom. The molecule has 0 radical (unpaired) electrons. The molecule has 2 aliphatic heterocycles. The van der Waals surface area contributed by atoms with Crippen molar-refractivity contribution in [1.29, 1.82) is 0 Å². The molecule has 0 atom stereocenters. The first-order valence-electron chi connectivity index (χ1n) is 8.74. The van der Waals surface area contributed by atoms with Crippen LogP contribution in [0.1, 0.15) is 11.1 Å². The van der Waals surface area contributed by atoms with E-state index < -0.39 is 0 Å². The lowest BCUT2D eigenvalue weighted by atomic mass is 10.1. The van der Waals surface area contributed by atoms with Crippen LogP contribution in [0.3, 0.4) is 0 Å². The van der Waals surface area contributed by atoms with E-state index in [1.165, 1.54) is 0 Å². The van der Waals surface area contributed by atoms with Gasteiger partial charge in [0.15, 0.2) is 0 Å². The Bertz CT molecular complexity index is 521. The lowest BCUT2D eigenvalue weighted by Gasteiger charge is -2.30. The molecule has 6 nitrogen and oxygen atoms in total. The van der Waals surface area contributed by atoms with Crippen LogP contribution in [-0.2, 0) is 0 Å². The SMILES string of the molecule is CN1CCN(/N=C/c2cccc(/C=N/N3CCN(C)CC3)c2)CC1. The molecule has 0 spiro atoms. The zero-order valence-electron chi connectivity index (χ0n) is 14.8. The van der Waals surface area contributed by atoms with Crippen molar-refractivity contribution in [3.05, 3.63) is 35.4 Å². The number of hydrogen-bond donors (Lipinski definition) is 0. The summed E-state index contributed by atoms with van der Waals surface area (Å²) in [5.74, 6) is 0. The van der Waals surface area contributed by atoms with Crippen LogP contribution in [0.15, 0.2) is 34.5 Å². The van der Waals surface area contributed by atoms with Crippen molar-refractivity contribution < 1.29 is 0 Å². The standard InChI is InChI=1S/C18H28N6/c1-21-6-10-23(11-7-21)19-15-17-4-3-5-18(14-17)16-20-24-12-8-22(2)9-13-24/h3-5,14-16H,6-13H2,1-2H3/b19-15+,20-16+. The van der Waals surface area contributed by atoms with Crippen molar-refractivity contribution in [3.8, 4) is 0 Å². The number of hydrazone groups is 2. The summed E-state index contributed by atoms with van der Waals surface area (Å²) in [4.78, 5) is 4.67. The molecule has 0 unspecified atom stereocenters. The van der Waals surface area contributed by atoms with Crippen LogP contribution in [0, 0.1) is 0 Å². The Balaban J connectivity index is 1.55. The number of piperazine rings is 2. The van der Waals surface area contributed by atoms with Crippen LogP contribution in [0.4, 0.5) is 0 Å². The quantitative estimate of drug-likeness (QED) is 0.768. The monoisotopic (exact) mass is 328 g/mol. The maximum atomic E-state index is 4.61. The second-order valence-electron chi connectivity index (χ2n) is 6.67. The van der Waals surface area contributed by atoms with Gasteiger partial charge in [0.05, 0.1) is 12.4 Å². The molecule has 2 heterocycles. The first-order chi connectivity index (χ1) is 11.7. The summed E-state index contributed by atoms with van der Waals surface area (Å²) in [7, 11) is 4.31. The van der Waals surface area contributed by atoms with Crippen LogP contribution < -0.4 is 0 Å². The Morgan fingerprint density at radius 2 is 1.12 bits per heavy atom. The van der Waals surface area contributed by atoms with E-state index in [4.69, 9.17) is 0 Å². The zero-order chi connectivity index (χ0) is 16.8. The minimum absolute atomic E-state index is 0.998. The van der Waals surface area contributed by atoms with Crippen molar-refractivity contribution >= 4 is 12.4 Å². The molecular weight excluding hydrogens is 300 g/mol. The molecule has 0 N–H and O–H groups in total. The second-order valence-corrected chi connectivity index (χ2v) is 6.67. The third kappa shape index (κ3) is 5.04. The number of hydrogen-bond acceptors (Lipinski definition) is 6. The highest BCUT2D eigenvalue weighted by Gasteiger charge is 2.11. The van der Waals surface area contributed by atoms with Gasteiger partial charge in [0.2, 0.25) is 0 Å². The molecular formula is C18H28N6. The van der Waals surface area contributed by atoms with Gasteiger partial charge in [-0.2, -0.15) is 10.2 Å². The maximum absolute atomic E-state index is 4.61. The summed E-state index contributed by atoms with van der Waals surface area (Å²) in [6.45, 7) is 8.30. The normalized spacial score (nSPS) is 21.2. The number of nitrogens with zero attached hydrogens (tertiary/aromatic N) is 6. The largest absolute Gasteiger partial charge is 0.303 e. The van der Waals surface area contributed by atoms with Crippen LogP contribution in [0.25, 0.3) is 0 Å². The Kier molecular flexibility index (Phi) is 5.82. The Hall–Kier alpha value is -1.92. The van der Waals surface area contributed by atoms with Crippen LogP contribution in [-0.4, -0.2) is 98.7 Å². The van der Waals surface area contributed by atoms with Crippen molar-refractivity contribution in [2.45, 2.75) is 0 Å². The van der Waals surface area contributed by atoms with Gasteiger partial charge in [-0.3, -0.25) is 10.0 Å². The minimum Gasteiger partial charge on any atom is -0.303 e. The van der Waals surface area contributed by atoms with Gasteiger partial charge in [-0.15, -0.1) is 0 Å². The molecule has 0 bridgehead atoms. The van der Waals surface area contributed by atoms with Crippen molar-refractivity contribution in [1.82, 2.24) is 19.8 Å². The van der Waals surface area contributed by atoms with Crippen LogP contribution in [0.5, 0.6) is 0 Å². The van der Waals surface area contributed by atoms with Crippen LogP contribution >= 0.6 is 0 Å². The molecule has 6 heteroatoms. The van der Waals surface area contributed by atoms with Crippen molar-refractivity contribution in [2.24, 2.45) is 10.2 Å². The Morgan fingerprint density at radius 1 is 0.708 bits per heavy atom. The molecule has 0 saturated carbocycles. The van der Waals surface area contributed by atoms with Gasteiger partial charge in [0, 0.05) is 52.4 Å². The lowest BCUT2D eigenvalue weighted by molar-refractivity contribution is 0.159. The summed E-state index contributed by atoms with van der Waals surface area (Å²) in [5.41, 5.74) is 2.24. The van der Waals surface area contributed by atoms with E-state index in [1.54, 1.807) is 0 Å². The molecule has 2 saturated heterocycles. The molecule has 130 valence electrons. The summed E-state index contributed by atoms with van der Waals surface area (Å²) in [5, 5.41) is 13.5. The topological polar surface area (TPSA) is 37.7 Å². The summed E-state index contributed by atoms with van der Waals surface area (Å²) in [6, 6.07) is 8.38. The number of benzene rings is 1. The molecule has 0 aliphatic carbocycles. The van der Waals surface area contributed by atoms with E-state index in [0.717, 1.165) is 63.5 Å². The van der Waals surface area contributed by atoms with Gasteiger partial charge in [-0.25, -0.2) is 0 Å². The molecule has 1 aromatic carbocycles. The average molecular weight is 328 g/mol. The fourth-order valence-electron chi connectivity index (χ4n) is 2.84. The molecule has 24 heavy (non-hydrogen) atoms. The number of likely N-dealkylation sites (N-methyl/N-ethyl adjacent to an activating group) is 2. The van der Waals surface area contributed by atoms with E-state index >= 15 is 0 Å². The predicted octanol–water partition coefficient (Wildman–Crippen LogP) is 0.849. The molecule has 0 aromatic heterocycles. The highest BCUT2D eigenvalue weighted by atomic mass is 15.5. The lowest BCUT2D eigenvalue weighted by Crippen LogP contribution is -2.41. The summed E-state index contributed by atoms with van der Waals surface area (Å²) < 4.78 is 0. The molecule has 2 aliphatic rings. The zero-order valence-corrected chi connectivity index (χ0v) is 14.8. The first kappa shape index (κ1) is 16.9. The van der Waals surface area contributed by atoms with Crippen molar-refractivity contribution in [3.63, 3.8) is 0 Å². The van der Waals surface area contributed by atoms with E-state index in [1.807, 2.05) is 12.4 Å². The van der Waals surface area contributed by atoms with E-state index in [2.05, 4.69) is 68.4 Å². The third-order valence-electron chi connectivity index (χ3n) is 4.61. The predicted molar refractivity (Wildman–Crippen MR) is 99.8 cm³/mol. The molecule has 3 rings (SSSR count). The highest BCUT2D eigenvalue weighted by Crippen LogP contribution is 2.05. The fraction of sp³-hybridized carbons (Fsp3) is 0.556. The van der Waals surface area contributed by atoms with E-state index in [-0.39, 0.29) is 0 Å². The summed E-state index contributed by atoms with van der Waals surface area (Å²) in [6.07, 6.45) is 3.91. The van der Waals surface area contributed by atoms with Gasteiger partial charge in [-0.05, 0) is 31.3 Å². The summed E-state index contributed by atoms with van der Waals surface area (Å²) >= 11 is 0. The molecule has 1 aromatic rings. The number of rotatable bonds is 4. The van der Waals surface area contributed by atoms with E-state index in [0.29, 0.717) is 0 Å². The first-order valence-corrected chi connectivity index (χ1v) is 8.74. The fourth-order valence-corrected chi connectivity index (χ4v) is 2.84. The molecule has 2 fully saturated rings. The highest BCUT2D eigenvalue weighted by molar-refractivity contribution is 5.85. The third-order valence-corrected chi connectivity index (χ3v) is 4.61. The van der Waals surface area contributed by atoms with Gasteiger partial charge in [0.25, 0.3) is 0 Å². The smallest absolute Gasteiger partial charge is 0.0543 e. The average Bonchev–Trinajstić information content (AvgIpc) is 2.61. The van der Waals surface area contributed by atoms with Gasteiger partial charge < -0.3 is 9.80 Å². The second kappa shape index (κ2) is 8.26. The molecule has 0 amide bonds. The van der Waals surface area contributed by atoms with Gasteiger partial charge in [0.1, 0.15) is 0 Å². The Labute approximate surface area is 145 Å². The van der Waals surface area contributed by atoms with Gasteiger partial charge >= 0.3 is 0 Å². The van der Waals surface area contributed by atoms with Crippen LogP contribution in [0.2, 0.25) is 0 Å². The van der Waals surface area contributed by atoms with Crippen molar-refractivity contribution in [2.75, 3.05) is 66.5 Å². The maximum Gasteiger partial charge on any atom is 0.0543 e. The minimum atomic E-state index is 0.998. The van der Waals surface area contributed by atoms with E-state index in [9.17, 15) is 0 Å².